The van der Waals surface area contributed by atoms with Crippen molar-refractivity contribution in [2.45, 2.75) is 18.6 Å². The van der Waals surface area contributed by atoms with Crippen molar-refractivity contribution in [3.63, 3.8) is 0 Å². The van der Waals surface area contributed by atoms with E-state index < -0.39 is 5.91 Å². The van der Waals surface area contributed by atoms with Crippen molar-refractivity contribution in [3.8, 4) is 11.8 Å². The molecule has 0 aromatic heterocycles. The summed E-state index contributed by atoms with van der Waals surface area (Å²) in [6.07, 6.45) is 2.13. The van der Waals surface area contributed by atoms with Crippen LogP contribution in [0.4, 0.5) is 5.69 Å². The van der Waals surface area contributed by atoms with Gasteiger partial charge >= 0.3 is 0 Å². The van der Waals surface area contributed by atoms with E-state index in [1.165, 1.54) is 22.7 Å². The number of amides is 2. The van der Waals surface area contributed by atoms with E-state index in [0.29, 0.717) is 22.9 Å². The number of thioether (sulfide) groups is 1. The van der Waals surface area contributed by atoms with Crippen molar-refractivity contribution < 1.29 is 14.3 Å². The number of benzene rings is 1. The second-order valence-electron chi connectivity index (χ2n) is 5.18. The molecule has 1 aliphatic rings. The predicted molar refractivity (Wildman–Crippen MR) is 98.0 cm³/mol. The summed E-state index contributed by atoms with van der Waals surface area (Å²) in [7, 11) is 1.56. The van der Waals surface area contributed by atoms with Gasteiger partial charge in [0.05, 0.1) is 12.4 Å². The first-order valence-corrected chi connectivity index (χ1v) is 8.63. The highest BCUT2D eigenvalue weighted by atomic mass is 32.2. The van der Waals surface area contributed by atoms with Crippen LogP contribution in [0.15, 0.2) is 47.5 Å². The number of hydrogen-bond donors (Lipinski definition) is 1. The van der Waals surface area contributed by atoms with Gasteiger partial charge in [0.25, 0.3) is 5.91 Å². The van der Waals surface area contributed by atoms with Crippen LogP contribution in [0, 0.1) is 11.3 Å². The average Bonchev–Trinajstić information content (AvgIpc) is 2.96. The molecule has 6 nitrogen and oxygen atoms in total. The van der Waals surface area contributed by atoms with Crippen LogP contribution < -0.4 is 15.0 Å². The van der Waals surface area contributed by atoms with Crippen LogP contribution in [0.3, 0.4) is 0 Å². The van der Waals surface area contributed by atoms with Gasteiger partial charge in [-0.15, -0.1) is 6.58 Å². The second kappa shape index (κ2) is 8.40. The van der Waals surface area contributed by atoms with E-state index in [1.807, 2.05) is 13.0 Å². The van der Waals surface area contributed by atoms with Gasteiger partial charge < -0.3 is 10.1 Å². The molecule has 1 aliphatic heterocycles. The molecule has 1 aromatic rings. The second-order valence-corrected chi connectivity index (χ2v) is 6.37. The topological polar surface area (TPSA) is 82.4 Å². The zero-order valence-corrected chi connectivity index (χ0v) is 14.9. The molecule has 1 aromatic carbocycles. The molecule has 0 aliphatic carbocycles. The quantitative estimate of drug-likeness (QED) is 0.481. The Morgan fingerprint density at radius 1 is 1.48 bits per heavy atom. The number of carbonyl (C=O) groups is 2. The Hall–Kier alpha value is -2.72. The largest absolute Gasteiger partial charge is 0.497 e. The van der Waals surface area contributed by atoms with E-state index in [4.69, 9.17) is 4.74 Å². The lowest BCUT2D eigenvalue weighted by molar-refractivity contribution is -0.117. The molecule has 1 fully saturated rings. The third kappa shape index (κ3) is 3.86. The molecule has 1 unspecified atom stereocenters. The molecule has 25 heavy (non-hydrogen) atoms. The summed E-state index contributed by atoms with van der Waals surface area (Å²) in [4.78, 5) is 26.5. The molecule has 1 N–H and O–H groups in total. The Balaban J connectivity index is 2.49. The number of methoxy groups -OCH3 is 1. The Labute approximate surface area is 151 Å². The predicted octanol–water partition coefficient (Wildman–Crippen LogP) is 2.59. The van der Waals surface area contributed by atoms with Gasteiger partial charge in [-0.25, -0.2) is 0 Å². The van der Waals surface area contributed by atoms with Crippen molar-refractivity contribution in [2.24, 2.45) is 0 Å². The molecule has 130 valence electrons. The summed E-state index contributed by atoms with van der Waals surface area (Å²) >= 11 is 1.24. The van der Waals surface area contributed by atoms with Crippen LogP contribution in [0.25, 0.3) is 0 Å². The van der Waals surface area contributed by atoms with E-state index in [-0.39, 0.29) is 23.3 Å². The first kappa shape index (κ1) is 18.6. The minimum atomic E-state index is -0.520. The number of hydrogen-bond acceptors (Lipinski definition) is 5. The number of rotatable bonds is 6. The summed E-state index contributed by atoms with van der Waals surface area (Å²) in [6, 6.07) is 8.85. The highest BCUT2D eigenvalue weighted by molar-refractivity contribution is 8.05. The van der Waals surface area contributed by atoms with Crippen LogP contribution >= 0.6 is 11.8 Å². The maximum absolute atomic E-state index is 12.7. The fraction of sp³-hybridized carbons (Fsp3) is 0.278. The Morgan fingerprint density at radius 3 is 2.68 bits per heavy atom. The Kier molecular flexibility index (Phi) is 6.25. The highest BCUT2D eigenvalue weighted by Crippen LogP contribution is 2.42. The molecule has 1 heterocycles. The molecule has 7 heteroatoms. The van der Waals surface area contributed by atoms with Gasteiger partial charge in [0.2, 0.25) is 5.91 Å². The Morgan fingerprint density at radius 2 is 2.16 bits per heavy atom. The van der Waals surface area contributed by atoms with E-state index in [2.05, 4.69) is 11.9 Å². The Bertz CT molecular complexity index is 750. The van der Waals surface area contributed by atoms with Crippen molar-refractivity contribution in [3.05, 3.63) is 47.5 Å². The molecular weight excluding hydrogens is 338 g/mol. The lowest BCUT2D eigenvalue weighted by Gasteiger charge is -2.19. The van der Waals surface area contributed by atoms with Crippen molar-refractivity contribution in [2.75, 3.05) is 18.6 Å². The first-order valence-electron chi connectivity index (χ1n) is 7.75. The van der Waals surface area contributed by atoms with Crippen LogP contribution in [-0.4, -0.2) is 30.7 Å². The maximum atomic E-state index is 12.7. The SMILES string of the molecule is C=CCNC(=O)/C(C#N)=C1\SC(CC)C(=O)N1c1ccc(OC)cc1. The smallest absolute Gasteiger partial charge is 0.264 e. The number of nitrogens with zero attached hydrogens (tertiary/aromatic N) is 2. The molecule has 2 amide bonds. The summed E-state index contributed by atoms with van der Waals surface area (Å²) in [5, 5.41) is 12.1. The zero-order chi connectivity index (χ0) is 18.4. The number of carbonyl (C=O) groups excluding carboxylic acids is 2. The molecule has 0 bridgehead atoms. The lowest BCUT2D eigenvalue weighted by Crippen LogP contribution is -2.31. The average molecular weight is 357 g/mol. The summed E-state index contributed by atoms with van der Waals surface area (Å²) in [6.45, 7) is 5.68. The minimum Gasteiger partial charge on any atom is -0.497 e. The van der Waals surface area contributed by atoms with Gasteiger partial charge in [-0.1, -0.05) is 24.8 Å². The van der Waals surface area contributed by atoms with Gasteiger partial charge in [-0.05, 0) is 30.7 Å². The van der Waals surface area contributed by atoms with Crippen LogP contribution in [0.2, 0.25) is 0 Å². The summed E-state index contributed by atoms with van der Waals surface area (Å²) < 4.78 is 5.13. The number of anilines is 1. The first-order chi connectivity index (χ1) is 12.1. The molecule has 1 saturated heterocycles. The van der Waals surface area contributed by atoms with Crippen LogP contribution in [0.1, 0.15) is 13.3 Å². The van der Waals surface area contributed by atoms with Gasteiger partial charge in [0.15, 0.2) is 0 Å². The van der Waals surface area contributed by atoms with E-state index in [0.717, 1.165) is 0 Å². The van der Waals surface area contributed by atoms with Gasteiger partial charge in [-0.2, -0.15) is 5.26 Å². The molecule has 0 spiro atoms. The number of ether oxygens (including phenoxy) is 1. The van der Waals surface area contributed by atoms with Crippen LogP contribution in [-0.2, 0) is 9.59 Å². The van der Waals surface area contributed by atoms with Gasteiger partial charge in [-0.3, -0.25) is 14.5 Å². The van der Waals surface area contributed by atoms with Gasteiger partial charge in [0, 0.05) is 12.2 Å². The highest BCUT2D eigenvalue weighted by Gasteiger charge is 2.39. The van der Waals surface area contributed by atoms with E-state index in [9.17, 15) is 14.9 Å². The summed E-state index contributed by atoms with van der Waals surface area (Å²) in [5.41, 5.74) is 0.514. The van der Waals surface area contributed by atoms with E-state index in [1.54, 1.807) is 31.4 Å². The third-order valence-corrected chi connectivity index (χ3v) is 5.04. The fourth-order valence-corrected chi connectivity index (χ4v) is 3.53. The third-order valence-electron chi connectivity index (χ3n) is 3.61. The monoisotopic (exact) mass is 357 g/mol. The zero-order valence-electron chi connectivity index (χ0n) is 14.1. The minimum absolute atomic E-state index is 0.0769. The molecule has 0 saturated carbocycles. The standard InChI is InChI=1S/C18H19N3O3S/c1-4-10-20-16(22)14(11-19)18-21(17(23)15(5-2)25-18)12-6-8-13(24-3)9-7-12/h4,6-9,15H,1,5,10H2,2-3H3,(H,20,22)/b18-14-. The van der Waals surface area contributed by atoms with Crippen molar-refractivity contribution in [1.82, 2.24) is 5.32 Å². The molecule has 2 rings (SSSR count). The molecule has 0 radical (unpaired) electrons. The van der Waals surface area contributed by atoms with Crippen molar-refractivity contribution >= 4 is 29.3 Å². The summed E-state index contributed by atoms with van der Waals surface area (Å²) in [5.74, 6) is -0.00486. The molecule has 1 atom stereocenters. The van der Waals surface area contributed by atoms with Crippen LogP contribution in [0.5, 0.6) is 5.75 Å². The number of nitriles is 1. The fourth-order valence-electron chi connectivity index (χ4n) is 2.34. The van der Waals surface area contributed by atoms with Gasteiger partial charge in [0.1, 0.15) is 22.4 Å². The van der Waals surface area contributed by atoms with E-state index >= 15 is 0 Å². The van der Waals surface area contributed by atoms with Crippen molar-refractivity contribution in [1.29, 1.82) is 5.26 Å². The lowest BCUT2D eigenvalue weighted by atomic mass is 10.2. The maximum Gasteiger partial charge on any atom is 0.264 e. The number of nitrogens with one attached hydrogen (secondary N) is 1. The molecular formula is C18H19N3O3S. The normalized spacial score (nSPS) is 18.5.